The maximum atomic E-state index is 5.55. The largest absolute Gasteiger partial charge is 0.494 e. The molecule has 0 unspecified atom stereocenters. The maximum Gasteiger partial charge on any atom is 0.182 e. The molecule has 0 saturated carbocycles. The van der Waals surface area contributed by atoms with E-state index in [9.17, 15) is 0 Å². The van der Waals surface area contributed by atoms with Gasteiger partial charge < -0.3 is 10.1 Å². The van der Waals surface area contributed by atoms with Crippen molar-refractivity contribution in [1.82, 2.24) is 4.98 Å². The lowest BCUT2D eigenvalue weighted by Crippen LogP contribution is -2.02. The van der Waals surface area contributed by atoms with Gasteiger partial charge in [0.25, 0.3) is 0 Å². The van der Waals surface area contributed by atoms with Gasteiger partial charge in [0.05, 0.1) is 6.61 Å². The van der Waals surface area contributed by atoms with Crippen LogP contribution >= 0.6 is 11.3 Å². The molecule has 0 radical (unpaired) electrons. The van der Waals surface area contributed by atoms with E-state index in [1.807, 2.05) is 30.5 Å². The molecular formula is C12H14N2OS. The molecule has 0 aliphatic heterocycles. The molecule has 0 atom stereocenters. The zero-order valence-corrected chi connectivity index (χ0v) is 9.96. The molecule has 3 nitrogen and oxygen atoms in total. The van der Waals surface area contributed by atoms with Crippen molar-refractivity contribution < 1.29 is 4.74 Å². The summed E-state index contributed by atoms with van der Waals surface area (Å²) in [4.78, 5) is 4.17. The average Bonchev–Trinajstić information content (AvgIpc) is 2.81. The minimum absolute atomic E-state index is 0.689. The Bertz CT molecular complexity index is 428. The third kappa shape index (κ3) is 2.73. The van der Waals surface area contributed by atoms with Crippen LogP contribution in [0.5, 0.6) is 5.75 Å². The normalized spacial score (nSPS) is 10.1. The van der Waals surface area contributed by atoms with Crippen LogP contribution in [0.15, 0.2) is 35.8 Å². The van der Waals surface area contributed by atoms with Gasteiger partial charge in [-0.3, -0.25) is 0 Å². The van der Waals surface area contributed by atoms with E-state index in [4.69, 9.17) is 4.74 Å². The fourth-order valence-electron chi connectivity index (χ4n) is 1.43. The molecule has 4 heteroatoms. The Morgan fingerprint density at radius 2 is 2.25 bits per heavy atom. The standard InChI is InChI=1S/C12H14N2OS/c1-2-15-11-6-4-3-5-10(11)9-14-12-13-7-8-16-12/h3-8H,2,9H2,1H3,(H,13,14). The minimum atomic E-state index is 0.689. The Kier molecular flexibility index (Phi) is 3.77. The van der Waals surface area contributed by atoms with Crippen molar-refractivity contribution in [2.24, 2.45) is 0 Å². The Labute approximate surface area is 99.1 Å². The van der Waals surface area contributed by atoms with Crippen LogP contribution in [0, 0.1) is 0 Å². The van der Waals surface area contributed by atoms with Crippen molar-refractivity contribution in [3.63, 3.8) is 0 Å². The number of rotatable bonds is 5. The lowest BCUT2D eigenvalue weighted by atomic mass is 10.2. The van der Waals surface area contributed by atoms with Crippen molar-refractivity contribution in [3.05, 3.63) is 41.4 Å². The molecule has 0 aliphatic carbocycles. The van der Waals surface area contributed by atoms with Gasteiger partial charge in [0.15, 0.2) is 5.13 Å². The molecule has 0 bridgehead atoms. The summed E-state index contributed by atoms with van der Waals surface area (Å²) in [6.45, 7) is 3.42. The summed E-state index contributed by atoms with van der Waals surface area (Å²) in [6.07, 6.45) is 1.79. The molecule has 1 aromatic heterocycles. The summed E-state index contributed by atoms with van der Waals surface area (Å²) in [5.74, 6) is 0.939. The molecule has 16 heavy (non-hydrogen) atoms. The predicted molar refractivity (Wildman–Crippen MR) is 67.1 cm³/mol. The Balaban J connectivity index is 2.03. The van der Waals surface area contributed by atoms with Crippen LogP contribution in [-0.2, 0) is 6.54 Å². The highest BCUT2D eigenvalue weighted by Gasteiger charge is 2.02. The van der Waals surface area contributed by atoms with Crippen LogP contribution in [0.25, 0.3) is 0 Å². The summed E-state index contributed by atoms with van der Waals surface area (Å²) >= 11 is 1.60. The summed E-state index contributed by atoms with van der Waals surface area (Å²) in [5, 5.41) is 6.16. The zero-order valence-electron chi connectivity index (χ0n) is 9.14. The SMILES string of the molecule is CCOc1ccccc1CNc1nccs1. The summed E-state index contributed by atoms with van der Waals surface area (Å²) in [5.41, 5.74) is 1.15. The van der Waals surface area contributed by atoms with Crippen molar-refractivity contribution in [1.29, 1.82) is 0 Å². The number of thiazole rings is 1. The highest BCUT2D eigenvalue weighted by atomic mass is 32.1. The van der Waals surface area contributed by atoms with E-state index in [1.54, 1.807) is 17.5 Å². The fourth-order valence-corrected chi connectivity index (χ4v) is 1.96. The highest BCUT2D eigenvalue weighted by Crippen LogP contribution is 2.20. The molecule has 0 saturated heterocycles. The second kappa shape index (κ2) is 5.51. The zero-order chi connectivity index (χ0) is 11.2. The first-order valence-electron chi connectivity index (χ1n) is 5.24. The van der Waals surface area contributed by atoms with Crippen LogP contribution in [0.4, 0.5) is 5.13 Å². The van der Waals surface area contributed by atoms with E-state index in [1.165, 1.54) is 0 Å². The Morgan fingerprint density at radius 3 is 3.00 bits per heavy atom. The van der Waals surface area contributed by atoms with Gasteiger partial charge in [-0.1, -0.05) is 18.2 Å². The van der Waals surface area contributed by atoms with E-state index in [2.05, 4.69) is 16.4 Å². The first kappa shape index (κ1) is 11.0. The molecule has 1 heterocycles. The van der Waals surface area contributed by atoms with E-state index in [0.717, 1.165) is 23.0 Å². The second-order valence-corrected chi connectivity index (χ2v) is 4.13. The van der Waals surface area contributed by atoms with Gasteiger partial charge in [0.1, 0.15) is 5.75 Å². The van der Waals surface area contributed by atoms with Gasteiger partial charge in [0, 0.05) is 23.7 Å². The van der Waals surface area contributed by atoms with Crippen LogP contribution < -0.4 is 10.1 Å². The summed E-state index contributed by atoms with van der Waals surface area (Å²) in [7, 11) is 0. The first-order valence-corrected chi connectivity index (χ1v) is 6.12. The van der Waals surface area contributed by atoms with Gasteiger partial charge in [-0.05, 0) is 13.0 Å². The monoisotopic (exact) mass is 234 g/mol. The molecule has 0 aliphatic rings. The number of aromatic nitrogens is 1. The molecule has 1 aromatic carbocycles. The second-order valence-electron chi connectivity index (χ2n) is 3.23. The summed E-state index contributed by atoms with van der Waals surface area (Å²) in [6, 6.07) is 8.05. The van der Waals surface area contributed by atoms with Gasteiger partial charge in [-0.15, -0.1) is 11.3 Å². The van der Waals surface area contributed by atoms with Gasteiger partial charge >= 0.3 is 0 Å². The van der Waals surface area contributed by atoms with E-state index < -0.39 is 0 Å². The van der Waals surface area contributed by atoms with Gasteiger partial charge in [-0.2, -0.15) is 0 Å². The topological polar surface area (TPSA) is 34.1 Å². The quantitative estimate of drug-likeness (QED) is 0.863. The van der Waals surface area contributed by atoms with Crippen LogP contribution in [0.3, 0.4) is 0 Å². The highest BCUT2D eigenvalue weighted by molar-refractivity contribution is 7.13. The fraction of sp³-hybridized carbons (Fsp3) is 0.250. The number of hydrogen-bond acceptors (Lipinski definition) is 4. The van der Waals surface area contributed by atoms with Crippen molar-refractivity contribution in [2.75, 3.05) is 11.9 Å². The van der Waals surface area contributed by atoms with E-state index >= 15 is 0 Å². The van der Waals surface area contributed by atoms with Crippen LogP contribution in [-0.4, -0.2) is 11.6 Å². The van der Waals surface area contributed by atoms with Crippen LogP contribution in [0.1, 0.15) is 12.5 Å². The Morgan fingerprint density at radius 1 is 1.38 bits per heavy atom. The number of anilines is 1. The molecule has 84 valence electrons. The van der Waals surface area contributed by atoms with Crippen molar-refractivity contribution in [2.45, 2.75) is 13.5 Å². The minimum Gasteiger partial charge on any atom is -0.494 e. The Hall–Kier alpha value is -1.55. The lowest BCUT2D eigenvalue weighted by Gasteiger charge is -2.10. The molecule has 1 N–H and O–H groups in total. The van der Waals surface area contributed by atoms with E-state index in [-0.39, 0.29) is 0 Å². The number of nitrogens with zero attached hydrogens (tertiary/aromatic N) is 1. The van der Waals surface area contributed by atoms with E-state index in [0.29, 0.717) is 6.61 Å². The molecule has 2 aromatic rings. The molecule has 0 amide bonds. The third-order valence-corrected chi connectivity index (χ3v) is 2.87. The molecule has 0 fully saturated rings. The average molecular weight is 234 g/mol. The van der Waals surface area contributed by atoms with Gasteiger partial charge in [0.2, 0.25) is 0 Å². The summed E-state index contributed by atoms with van der Waals surface area (Å²) < 4.78 is 5.55. The number of hydrogen-bond donors (Lipinski definition) is 1. The number of ether oxygens (including phenoxy) is 1. The number of para-hydroxylation sites is 1. The smallest absolute Gasteiger partial charge is 0.182 e. The van der Waals surface area contributed by atoms with Crippen molar-refractivity contribution >= 4 is 16.5 Å². The third-order valence-electron chi connectivity index (χ3n) is 2.13. The molecular weight excluding hydrogens is 220 g/mol. The number of nitrogens with one attached hydrogen (secondary N) is 1. The van der Waals surface area contributed by atoms with Crippen molar-refractivity contribution in [3.8, 4) is 5.75 Å². The first-order chi connectivity index (χ1) is 7.90. The molecule has 0 spiro atoms. The van der Waals surface area contributed by atoms with Gasteiger partial charge in [-0.25, -0.2) is 4.98 Å². The maximum absolute atomic E-state index is 5.55. The number of benzene rings is 1. The van der Waals surface area contributed by atoms with Crippen LogP contribution in [0.2, 0.25) is 0 Å². The molecule has 2 rings (SSSR count). The lowest BCUT2D eigenvalue weighted by molar-refractivity contribution is 0.337. The predicted octanol–water partition coefficient (Wildman–Crippen LogP) is 3.15.